The summed E-state index contributed by atoms with van der Waals surface area (Å²) in [6, 6.07) is 12.0. The Labute approximate surface area is 169 Å². The number of anilines is 1. The number of para-hydroxylation sites is 1. The number of esters is 1. The summed E-state index contributed by atoms with van der Waals surface area (Å²) >= 11 is 0. The molecule has 2 aromatic carbocycles. The van der Waals surface area contributed by atoms with Gasteiger partial charge in [-0.15, -0.1) is 0 Å². The van der Waals surface area contributed by atoms with E-state index in [4.69, 9.17) is 4.74 Å². The number of fused-ring (bicyclic) bond motifs is 1. The zero-order valence-electron chi connectivity index (χ0n) is 16.2. The molecule has 1 heterocycles. The van der Waals surface area contributed by atoms with Gasteiger partial charge in [0.1, 0.15) is 12.4 Å². The highest BCUT2D eigenvalue weighted by molar-refractivity contribution is 7.90. The fourth-order valence-electron chi connectivity index (χ4n) is 2.92. The van der Waals surface area contributed by atoms with Gasteiger partial charge in [0.05, 0.1) is 4.90 Å². The number of benzene rings is 2. The number of aliphatic imine (C=N–C) groups is 1. The maximum Gasteiger partial charge on any atom is 0.328 e. The van der Waals surface area contributed by atoms with E-state index in [9.17, 15) is 18.0 Å². The Bertz CT molecular complexity index is 1090. The highest BCUT2D eigenvalue weighted by Gasteiger charge is 2.30. The van der Waals surface area contributed by atoms with Crippen molar-refractivity contribution in [1.82, 2.24) is 4.72 Å². The van der Waals surface area contributed by atoms with Crippen molar-refractivity contribution in [3.63, 3.8) is 0 Å². The van der Waals surface area contributed by atoms with Crippen LogP contribution in [-0.4, -0.2) is 38.8 Å². The Morgan fingerprint density at radius 2 is 1.76 bits per heavy atom. The summed E-state index contributed by atoms with van der Waals surface area (Å²) in [5.74, 6) is -1.13. The second kappa shape index (κ2) is 8.04. The minimum Gasteiger partial charge on any atom is -0.451 e. The van der Waals surface area contributed by atoms with Gasteiger partial charge >= 0.3 is 5.97 Å². The van der Waals surface area contributed by atoms with E-state index in [0.717, 1.165) is 11.1 Å². The van der Waals surface area contributed by atoms with E-state index in [1.54, 1.807) is 18.2 Å². The van der Waals surface area contributed by atoms with Gasteiger partial charge in [-0.2, -0.15) is 0 Å². The van der Waals surface area contributed by atoms with Crippen LogP contribution in [0.15, 0.2) is 52.4 Å². The lowest BCUT2D eigenvalue weighted by molar-refractivity contribution is -0.151. The molecule has 0 bridgehead atoms. The number of sulfonamides is 1. The van der Waals surface area contributed by atoms with Crippen molar-refractivity contribution < 1.29 is 22.7 Å². The second-order valence-electron chi connectivity index (χ2n) is 6.65. The largest absolute Gasteiger partial charge is 0.451 e. The van der Waals surface area contributed by atoms with Gasteiger partial charge in [0.25, 0.3) is 15.9 Å². The van der Waals surface area contributed by atoms with Crippen molar-refractivity contribution in [2.75, 3.05) is 11.9 Å². The zero-order valence-corrected chi connectivity index (χ0v) is 17.0. The van der Waals surface area contributed by atoms with E-state index in [-0.39, 0.29) is 10.7 Å². The molecule has 2 aromatic rings. The number of amides is 1. The first-order chi connectivity index (χ1) is 13.7. The molecule has 0 fully saturated rings. The van der Waals surface area contributed by atoms with Crippen LogP contribution in [0, 0.1) is 13.8 Å². The van der Waals surface area contributed by atoms with Crippen LogP contribution < -0.4 is 10.0 Å². The van der Waals surface area contributed by atoms with Crippen LogP contribution in [0.5, 0.6) is 0 Å². The topological polar surface area (TPSA) is 114 Å². The van der Waals surface area contributed by atoms with Crippen molar-refractivity contribution in [1.29, 1.82) is 0 Å². The van der Waals surface area contributed by atoms with Gasteiger partial charge in [0.15, 0.2) is 6.10 Å². The van der Waals surface area contributed by atoms with Gasteiger partial charge in [-0.25, -0.2) is 8.42 Å². The van der Waals surface area contributed by atoms with Crippen LogP contribution in [0.4, 0.5) is 5.69 Å². The maximum atomic E-state index is 12.3. The highest BCUT2D eigenvalue weighted by Crippen LogP contribution is 2.22. The molecule has 0 saturated heterocycles. The molecule has 0 aromatic heterocycles. The van der Waals surface area contributed by atoms with Gasteiger partial charge in [-0.05, 0) is 44.0 Å². The summed E-state index contributed by atoms with van der Waals surface area (Å²) in [7, 11) is -3.68. The van der Waals surface area contributed by atoms with Gasteiger partial charge < -0.3 is 10.1 Å². The van der Waals surface area contributed by atoms with Crippen molar-refractivity contribution in [2.45, 2.75) is 31.8 Å². The van der Waals surface area contributed by atoms with E-state index in [1.165, 1.54) is 13.0 Å². The fourth-order valence-corrected chi connectivity index (χ4v) is 4.17. The quantitative estimate of drug-likeness (QED) is 0.724. The molecular formula is C20H21N3O5S. The highest BCUT2D eigenvalue weighted by atomic mass is 32.2. The predicted molar refractivity (Wildman–Crippen MR) is 108 cm³/mol. The number of nitrogens with zero attached hydrogens (tertiary/aromatic N) is 1. The molecular weight excluding hydrogens is 394 g/mol. The third kappa shape index (κ3) is 4.45. The molecule has 0 aliphatic carbocycles. The van der Waals surface area contributed by atoms with Crippen LogP contribution in [0.1, 0.15) is 23.6 Å². The Morgan fingerprint density at radius 3 is 2.45 bits per heavy atom. The van der Waals surface area contributed by atoms with Gasteiger partial charge in [-0.3, -0.25) is 19.3 Å². The fraction of sp³-hybridized carbons (Fsp3) is 0.250. The lowest BCUT2D eigenvalue weighted by Crippen LogP contribution is -2.31. The molecule has 0 spiro atoms. The number of hydrogen-bond donors (Lipinski definition) is 2. The number of hydrogen-bond acceptors (Lipinski definition) is 6. The number of amidine groups is 1. The first-order valence-corrected chi connectivity index (χ1v) is 10.4. The first-order valence-electron chi connectivity index (χ1n) is 8.92. The van der Waals surface area contributed by atoms with Crippen LogP contribution >= 0.6 is 0 Å². The molecule has 1 atom stereocenters. The molecule has 1 amide bonds. The van der Waals surface area contributed by atoms with E-state index >= 15 is 0 Å². The minimum absolute atomic E-state index is 0.0742. The molecule has 1 aliphatic rings. The van der Waals surface area contributed by atoms with Crippen LogP contribution in [-0.2, 0) is 24.3 Å². The summed E-state index contributed by atoms with van der Waals surface area (Å²) in [4.78, 5) is 28.5. The minimum atomic E-state index is -3.68. The number of carbonyl (C=O) groups excluding carboxylic acids is 2. The molecule has 9 heteroatoms. The van der Waals surface area contributed by atoms with Crippen LogP contribution in [0.3, 0.4) is 0 Å². The Kier molecular flexibility index (Phi) is 5.69. The summed E-state index contributed by atoms with van der Waals surface area (Å²) in [5, 5.41) is 2.76. The van der Waals surface area contributed by atoms with Gasteiger partial charge in [0.2, 0.25) is 0 Å². The number of aryl methyl sites for hydroxylation is 2. The van der Waals surface area contributed by atoms with E-state index in [2.05, 4.69) is 15.0 Å². The summed E-state index contributed by atoms with van der Waals surface area (Å²) < 4.78 is 31.5. The molecule has 29 heavy (non-hydrogen) atoms. The van der Waals surface area contributed by atoms with Crippen molar-refractivity contribution in [2.24, 2.45) is 4.99 Å². The third-order valence-corrected chi connectivity index (χ3v) is 5.83. The Hall–Kier alpha value is -3.20. The average molecular weight is 415 g/mol. The molecule has 0 radical (unpaired) electrons. The van der Waals surface area contributed by atoms with Gasteiger partial charge in [0, 0.05) is 11.3 Å². The zero-order chi connectivity index (χ0) is 21.2. The lowest BCUT2D eigenvalue weighted by Gasteiger charge is -2.15. The Morgan fingerprint density at radius 1 is 1.10 bits per heavy atom. The van der Waals surface area contributed by atoms with Gasteiger partial charge in [-0.1, -0.05) is 30.3 Å². The van der Waals surface area contributed by atoms with E-state index < -0.39 is 34.5 Å². The SMILES string of the molecule is Cc1cccc(C)c1NC(=O)C(C)OC(=O)CN=C1NS(=O)(=O)c2ccccc21. The van der Waals surface area contributed by atoms with Crippen molar-refractivity contribution >= 4 is 33.4 Å². The molecule has 2 N–H and O–H groups in total. The maximum absolute atomic E-state index is 12.3. The first kappa shape index (κ1) is 20.5. The normalized spacial score (nSPS) is 16.6. The summed E-state index contributed by atoms with van der Waals surface area (Å²) in [6.07, 6.45) is -1.03. The summed E-state index contributed by atoms with van der Waals surface area (Å²) in [5.41, 5.74) is 2.87. The predicted octanol–water partition coefficient (Wildman–Crippen LogP) is 1.91. The van der Waals surface area contributed by atoms with E-state index in [1.807, 2.05) is 32.0 Å². The molecule has 8 nitrogen and oxygen atoms in total. The molecule has 3 rings (SSSR count). The molecule has 1 aliphatic heterocycles. The smallest absolute Gasteiger partial charge is 0.328 e. The standard InChI is InChI=1S/C20H21N3O5S/c1-12-7-6-8-13(2)18(12)22-20(25)14(3)28-17(24)11-21-19-15-9-4-5-10-16(15)29(26,27)23-19/h4-10,14H,11H2,1-3H3,(H,21,23)(H,22,25). The molecule has 152 valence electrons. The Balaban J connectivity index is 1.63. The van der Waals surface area contributed by atoms with Crippen LogP contribution in [0.25, 0.3) is 0 Å². The molecule has 1 unspecified atom stereocenters. The van der Waals surface area contributed by atoms with Crippen molar-refractivity contribution in [3.8, 4) is 0 Å². The lowest BCUT2D eigenvalue weighted by atomic mass is 10.1. The second-order valence-corrected chi connectivity index (χ2v) is 8.31. The van der Waals surface area contributed by atoms with Crippen molar-refractivity contribution in [3.05, 3.63) is 59.2 Å². The van der Waals surface area contributed by atoms with Crippen LogP contribution in [0.2, 0.25) is 0 Å². The third-order valence-electron chi connectivity index (χ3n) is 4.44. The monoisotopic (exact) mass is 415 g/mol. The summed E-state index contributed by atoms with van der Waals surface area (Å²) in [6.45, 7) is 4.78. The van der Waals surface area contributed by atoms with E-state index in [0.29, 0.717) is 11.3 Å². The number of carbonyl (C=O) groups is 2. The average Bonchev–Trinajstić information content (AvgIpc) is 2.94. The molecule has 0 saturated carbocycles. The number of ether oxygens (including phenoxy) is 1. The number of nitrogens with one attached hydrogen (secondary N) is 2. The number of rotatable bonds is 5.